The monoisotopic (exact) mass is 414 g/mol. The number of nitrogens with zero attached hydrogens (tertiary/aromatic N) is 4. The van der Waals surface area contributed by atoms with Crippen LogP contribution in [0.5, 0.6) is 0 Å². The molecule has 164 valence electrons. The molecule has 7 nitrogen and oxygen atoms in total. The van der Waals surface area contributed by atoms with Gasteiger partial charge in [0.15, 0.2) is 0 Å². The van der Waals surface area contributed by atoms with Crippen LogP contribution in [0.15, 0.2) is 30.3 Å². The molecule has 0 unspecified atom stereocenters. The molecular formula is C23H34N4O3. The average Bonchev–Trinajstić information content (AvgIpc) is 3.30. The van der Waals surface area contributed by atoms with Gasteiger partial charge in [0.05, 0.1) is 5.92 Å². The zero-order valence-electron chi connectivity index (χ0n) is 18.2. The predicted octanol–water partition coefficient (Wildman–Crippen LogP) is 3.37. The molecule has 3 rings (SSSR count). The Balaban J connectivity index is 1.76. The van der Waals surface area contributed by atoms with Gasteiger partial charge in [0, 0.05) is 39.4 Å². The molecule has 7 heteroatoms. The van der Waals surface area contributed by atoms with Crippen molar-refractivity contribution in [2.75, 3.05) is 38.6 Å². The quantitative estimate of drug-likeness (QED) is 0.643. The highest BCUT2D eigenvalue weighted by atomic mass is 16.2. The molecule has 1 saturated carbocycles. The second-order valence-corrected chi connectivity index (χ2v) is 8.60. The van der Waals surface area contributed by atoms with Crippen molar-refractivity contribution < 1.29 is 14.4 Å². The number of amides is 4. The molecule has 0 N–H and O–H groups in total. The molecule has 2 aliphatic rings. The number of anilines is 1. The minimum Gasteiger partial charge on any atom is -0.348 e. The van der Waals surface area contributed by atoms with Gasteiger partial charge in [-0.2, -0.15) is 0 Å². The van der Waals surface area contributed by atoms with Crippen LogP contribution >= 0.6 is 0 Å². The second-order valence-electron chi connectivity index (χ2n) is 8.60. The smallest absolute Gasteiger partial charge is 0.343 e. The summed E-state index contributed by atoms with van der Waals surface area (Å²) in [7, 11) is 3.45. The first-order valence-electron chi connectivity index (χ1n) is 11.1. The zero-order chi connectivity index (χ0) is 21.5. The maximum atomic E-state index is 13.6. The van der Waals surface area contributed by atoms with Crippen LogP contribution in [-0.2, 0) is 9.59 Å². The molecule has 1 saturated heterocycles. The molecule has 0 radical (unpaired) electrons. The van der Waals surface area contributed by atoms with Crippen molar-refractivity contribution in [3.8, 4) is 0 Å². The fourth-order valence-electron chi connectivity index (χ4n) is 4.63. The van der Waals surface area contributed by atoms with E-state index >= 15 is 0 Å². The first-order valence-corrected chi connectivity index (χ1v) is 11.1. The summed E-state index contributed by atoms with van der Waals surface area (Å²) in [5, 5.41) is 3.24. The Bertz CT molecular complexity index is 720. The van der Waals surface area contributed by atoms with Gasteiger partial charge in [0.1, 0.15) is 0 Å². The highest BCUT2D eigenvalue weighted by Gasteiger charge is 2.36. The standard InChI is InChI=1S/C23H34N4O3/c1-24(18-28)17-20(16-19-10-6-7-11-19)22(29)26-14-8-9-15-27(26)23(30)25(2)21-12-4-3-5-13-21/h3-5,12-13,18-20H,6-11,14-17H2,1-2H3/t20-/m1/s1. The molecule has 0 bridgehead atoms. The van der Waals surface area contributed by atoms with Gasteiger partial charge in [-0.3, -0.25) is 14.5 Å². The van der Waals surface area contributed by atoms with Crippen LogP contribution in [0.25, 0.3) is 0 Å². The molecule has 1 atom stereocenters. The number of hydrogen-bond donors (Lipinski definition) is 0. The highest BCUT2D eigenvalue weighted by Crippen LogP contribution is 2.32. The third kappa shape index (κ3) is 5.32. The predicted molar refractivity (Wildman–Crippen MR) is 117 cm³/mol. The average molecular weight is 415 g/mol. The van der Waals surface area contributed by atoms with Gasteiger partial charge in [0.2, 0.25) is 12.3 Å². The van der Waals surface area contributed by atoms with Gasteiger partial charge in [-0.15, -0.1) is 0 Å². The van der Waals surface area contributed by atoms with Crippen LogP contribution in [0, 0.1) is 11.8 Å². The molecule has 1 aromatic carbocycles. The summed E-state index contributed by atoms with van der Waals surface area (Å²) in [5.74, 6) is 0.212. The van der Waals surface area contributed by atoms with Gasteiger partial charge in [-0.25, -0.2) is 14.8 Å². The third-order valence-corrected chi connectivity index (χ3v) is 6.32. The van der Waals surface area contributed by atoms with Crippen LogP contribution < -0.4 is 4.90 Å². The molecule has 1 aromatic rings. The summed E-state index contributed by atoms with van der Waals surface area (Å²) in [5.41, 5.74) is 0.795. The Morgan fingerprint density at radius 2 is 1.67 bits per heavy atom. The summed E-state index contributed by atoms with van der Waals surface area (Å²) in [4.78, 5) is 41.2. The number of urea groups is 1. The van der Waals surface area contributed by atoms with Crippen molar-refractivity contribution in [2.24, 2.45) is 11.8 Å². The minimum absolute atomic E-state index is 0.0369. The van der Waals surface area contributed by atoms with Crippen molar-refractivity contribution >= 4 is 24.0 Å². The molecule has 1 aliphatic heterocycles. The van der Waals surface area contributed by atoms with Crippen LogP contribution in [-0.4, -0.2) is 67.0 Å². The lowest BCUT2D eigenvalue weighted by Gasteiger charge is -2.42. The van der Waals surface area contributed by atoms with Gasteiger partial charge >= 0.3 is 6.03 Å². The first-order chi connectivity index (χ1) is 14.5. The largest absolute Gasteiger partial charge is 0.348 e. The molecule has 0 aromatic heterocycles. The van der Waals surface area contributed by atoms with E-state index in [1.54, 1.807) is 33.9 Å². The molecule has 2 fully saturated rings. The van der Waals surface area contributed by atoms with E-state index in [-0.39, 0.29) is 17.9 Å². The fraction of sp³-hybridized carbons (Fsp3) is 0.609. The Kier molecular flexibility index (Phi) is 7.71. The van der Waals surface area contributed by atoms with Crippen molar-refractivity contribution in [3.63, 3.8) is 0 Å². The lowest BCUT2D eigenvalue weighted by atomic mass is 9.91. The van der Waals surface area contributed by atoms with Gasteiger partial charge in [-0.1, -0.05) is 43.9 Å². The number of benzene rings is 1. The number of rotatable bonds is 7. The zero-order valence-corrected chi connectivity index (χ0v) is 18.2. The number of carbonyl (C=O) groups excluding carboxylic acids is 3. The fourth-order valence-corrected chi connectivity index (χ4v) is 4.63. The van der Waals surface area contributed by atoms with Crippen LogP contribution in [0.2, 0.25) is 0 Å². The lowest BCUT2D eigenvalue weighted by molar-refractivity contribution is -0.153. The highest BCUT2D eigenvalue weighted by molar-refractivity contribution is 5.93. The van der Waals surface area contributed by atoms with Crippen molar-refractivity contribution in [1.82, 2.24) is 14.9 Å². The van der Waals surface area contributed by atoms with E-state index in [2.05, 4.69) is 0 Å². The Labute approximate surface area is 179 Å². The van der Waals surface area contributed by atoms with Crippen molar-refractivity contribution in [2.45, 2.75) is 44.9 Å². The van der Waals surface area contributed by atoms with Crippen molar-refractivity contribution in [3.05, 3.63) is 30.3 Å². The summed E-state index contributed by atoms with van der Waals surface area (Å²) in [6.45, 7) is 1.46. The second kappa shape index (κ2) is 10.5. The van der Waals surface area contributed by atoms with E-state index in [9.17, 15) is 14.4 Å². The number of para-hydroxylation sites is 1. The third-order valence-electron chi connectivity index (χ3n) is 6.32. The number of hydrazine groups is 1. The lowest BCUT2D eigenvalue weighted by Crippen LogP contribution is -2.58. The van der Waals surface area contributed by atoms with Gasteiger partial charge < -0.3 is 4.90 Å². The van der Waals surface area contributed by atoms with E-state index in [1.165, 1.54) is 12.8 Å². The summed E-state index contributed by atoms with van der Waals surface area (Å²) in [6, 6.07) is 9.27. The maximum absolute atomic E-state index is 13.6. The van der Waals surface area contributed by atoms with E-state index in [0.717, 1.165) is 44.2 Å². The summed E-state index contributed by atoms with van der Waals surface area (Å²) < 4.78 is 0. The summed E-state index contributed by atoms with van der Waals surface area (Å²) in [6.07, 6.45) is 8.03. The Morgan fingerprint density at radius 1 is 1.03 bits per heavy atom. The molecule has 0 spiro atoms. The van der Waals surface area contributed by atoms with Crippen molar-refractivity contribution in [1.29, 1.82) is 0 Å². The van der Waals surface area contributed by atoms with E-state index in [0.29, 0.717) is 25.6 Å². The van der Waals surface area contributed by atoms with Gasteiger partial charge in [-0.05, 0) is 37.3 Å². The Morgan fingerprint density at radius 3 is 2.30 bits per heavy atom. The Hall–Kier alpha value is -2.57. The topological polar surface area (TPSA) is 64.2 Å². The number of carbonyl (C=O) groups is 3. The van der Waals surface area contributed by atoms with Gasteiger partial charge in [0.25, 0.3) is 0 Å². The van der Waals surface area contributed by atoms with E-state index in [4.69, 9.17) is 0 Å². The van der Waals surface area contributed by atoms with Crippen LogP contribution in [0.1, 0.15) is 44.9 Å². The van der Waals surface area contributed by atoms with E-state index in [1.807, 2.05) is 30.3 Å². The summed E-state index contributed by atoms with van der Waals surface area (Å²) >= 11 is 0. The normalized spacial score (nSPS) is 18.2. The molecular weight excluding hydrogens is 380 g/mol. The van der Waals surface area contributed by atoms with E-state index < -0.39 is 0 Å². The molecule has 1 aliphatic carbocycles. The minimum atomic E-state index is -0.279. The van der Waals surface area contributed by atoms with Crippen LogP contribution in [0.3, 0.4) is 0 Å². The SMILES string of the molecule is CN(C=O)C[C@@H](CC1CCCC1)C(=O)N1CCCCN1C(=O)N(C)c1ccccc1. The molecule has 4 amide bonds. The maximum Gasteiger partial charge on any atom is 0.343 e. The number of hydrogen-bond acceptors (Lipinski definition) is 3. The molecule has 1 heterocycles. The molecule has 30 heavy (non-hydrogen) atoms. The van der Waals surface area contributed by atoms with Crippen LogP contribution in [0.4, 0.5) is 10.5 Å². The first kappa shape index (κ1) is 22.1.